The van der Waals surface area contributed by atoms with Crippen LogP contribution in [-0.4, -0.2) is 0 Å². The molecule has 2 N–H and O–H groups in total. The van der Waals surface area contributed by atoms with Crippen LogP contribution in [0.4, 0.5) is 0 Å². The van der Waals surface area contributed by atoms with Gasteiger partial charge in [0.2, 0.25) is 0 Å². The van der Waals surface area contributed by atoms with Crippen LogP contribution in [0.25, 0.3) is 0 Å². The van der Waals surface area contributed by atoms with E-state index in [9.17, 15) is 0 Å². The van der Waals surface area contributed by atoms with Gasteiger partial charge < -0.3 is 10.5 Å². The van der Waals surface area contributed by atoms with E-state index in [1.54, 1.807) is 0 Å². The quantitative estimate of drug-likeness (QED) is 0.887. The second kappa shape index (κ2) is 5.69. The highest BCUT2D eigenvalue weighted by molar-refractivity contribution is 5.37. The van der Waals surface area contributed by atoms with Crippen LogP contribution in [0, 0.1) is 6.92 Å². The van der Waals surface area contributed by atoms with Crippen molar-refractivity contribution in [1.82, 2.24) is 0 Å². The van der Waals surface area contributed by atoms with Crippen molar-refractivity contribution in [3.8, 4) is 5.75 Å². The molecule has 0 aromatic heterocycles. The van der Waals surface area contributed by atoms with Gasteiger partial charge in [-0.3, -0.25) is 0 Å². The minimum atomic E-state index is 0.0619. The molecule has 2 rings (SSSR count). The van der Waals surface area contributed by atoms with E-state index in [-0.39, 0.29) is 6.04 Å². The maximum absolute atomic E-state index is 5.86. The van der Waals surface area contributed by atoms with E-state index in [2.05, 4.69) is 18.2 Å². The zero-order valence-corrected chi connectivity index (χ0v) is 10.9. The Hall–Kier alpha value is -1.80. The molecular weight excluding hydrogens is 222 g/mol. The first-order valence-electron chi connectivity index (χ1n) is 6.19. The van der Waals surface area contributed by atoms with E-state index in [1.165, 1.54) is 5.56 Å². The Kier molecular flexibility index (Phi) is 4.00. The number of benzene rings is 2. The number of hydrogen-bond acceptors (Lipinski definition) is 2. The van der Waals surface area contributed by atoms with Gasteiger partial charge in [-0.2, -0.15) is 0 Å². The molecule has 2 aromatic rings. The molecule has 0 heterocycles. The van der Waals surface area contributed by atoms with Gasteiger partial charge in [-0.05, 0) is 36.6 Å². The third-order valence-corrected chi connectivity index (χ3v) is 2.96. The predicted octanol–water partition coefficient (Wildman–Crippen LogP) is 3.59. The Labute approximate surface area is 108 Å². The summed E-state index contributed by atoms with van der Waals surface area (Å²) in [7, 11) is 0. The van der Waals surface area contributed by atoms with Crippen molar-refractivity contribution >= 4 is 0 Å². The van der Waals surface area contributed by atoms with Crippen LogP contribution in [0.5, 0.6) is 5.75 Å². The molecule has 0 aliphatic rings. The Morgan fingerprint density at radius 2 is 1.83 bits per heavy atom. The van der Waals surface area contributed by atoms with Gasteiger partial charge in [0.1, 0.15) is 12.4 Å². The zero-order valence-electron chi connectivity index (χ0n) is 10.9. The number of rotatable bonds is 4. The molecule has 1 unspecified atom stereocenters. The highest BCUT2D eigenvalue weighted by atomic mass is 16.5. The highest BCUT2D eigenvalue weighted by Gasteiger charge is 2.04. The average molecular weight is 241 g/mol. The summed E-state index contributed by atoms with van der Waals surface area (Å²) in [6.45, 7) is 4.63. The van der Waals surface area contributed by atoms with Gasteiger partial charge in [-0.15, -0.1) is 0 Å². The summed E-state index contributed by atoms with van der Waals surface area (Å²) < 4.78 is 5.82. The van der Waals surface area contributed by atoms with Crippen LogP contribution in [0.2, 0.25) is 0 Å². The number of nitrogens with two attached hydrogens (primary N) is 1. The van der Waals surface area contributed by atoms with Crippen molar-refractivity contribution in [3.63, 3.8) is 0 Å². The standard InChI is InChI=1S/C16H19NO/c1-12-10-15(13(2)17)8-9-16(12)18-11-14-6-4-3-5-7-14/h3-10,13H,11,17H2,1-2H3. The highest BCUT2D eigenvalue weighted by Crippen LogP contribution is 2.22. The molecule has 94 valence electrons. The number of ether oxygens (including phenoxy) is 1. The van der Waals surface area contributed by atoms with E-state index in [4.69, 9.17) is 10.5 Å². The van der Waals surface area contributed by atoms with Crippen molar-refractivity contribution in [2.24, 2.45) is 5.73 Å². The third kappa shape index (κ3) is 3.11. The van der Waals surface area contributed by atoms with Crippen molar-refractivity contribution in [3.05, 3.63) is 65.2 Å². The van der Waals surface area contributed by atoms with Crippen molar-refractivity contribution in [2.45, 2.75) is 26.5 Å². The van der Waals surface area contributed by atoms with Crippen LogP contribution in [0.15, 0.2) is 48.5 Å². The molecule has 0 saturated heterocycles. The summed E-state index contributed by atoms with van der Waals surface area (Å²) in [6.07, 6.45) is 0. The first kappa shape index (κ1) is 12.7. The van der Waals surface area contributed by atoms with Crippen molar-refractivity contribution in [2.75, 3.05) is 0 Å². The van der Waals surface area contributed by atoms with Gasteiger partial charge >= 0.3 is 0 Å². The first-order chi connectivity index (χ1) is 8.66. The molecule has 1 atom stereocenters. The molecule has 0 aliphatic carbocycles. The fourth-order valence-corrected chi connectivity index (χ4v) is 1.85. The summed E-state index contributed by atoms with van der Waals surface area (Å²) in [4.78, 5) is 0. The second-order valence-electron chi connectivity index (χ2n) is 4.59. The van der Waals surface area contributed by atoms with Crippen LogP contribution in [0.1, 0.15) is 29.7 Å². The Bertz CT molecular complexity index is 506. The Morgan fingerprint density at radius 1 is 1.11 bits per heavy atom. The molecule has 0 bridgehead atoms. The molecule has 0 radical (unpaired) electrons. The first-order valence-corrected chi connectivity index (χ1v) is 6.19. The molecule has 0 spiro atoms. The van der Waals surface area contributed by atoms with Gasteiger partial charge in [-0.1, -0.05) is 42.5 Å². The fourth-order valence-electron chi connectivity index (χ4n) is 1.85. The fraction of sp³-hybridized carbons (Fsp3) is 0.250. The van der Waals surface area contributed by atoms with Crippen LogP contribution < -0.4 is 10.5 Å². The van der Waals surface area contributed by atoms with Crippen LogP contribution in [0.3, 0.4) is 0 Å². The van der Waals surface area contributed by atoms with Gasteiger partial charge in [0, 0.05) is 6.04 Å². The monoisotopic (exact) mass is 241 g/mol. The molecule has 2 heteroatoms. The molecule has 0 aliphatic heterocycles. The largest absolute Gasteiger partial charge is 0.489 e. The minimum Gasteiger partial charge on any atom is -0.489 e. The maximum atomic E-state index is 5.86. The topological polar surface area (TPSA) is 35.2 Å². The van der Waals surface area contributed by atoms with E-state index in [1.807, 2.05) is 44.2 Å². The van der Waals surface area contributed by atoms with Crippen molar-refractivity contribution < 1.29 is 4.74 Å². The lowest BCUT2D eigenvalue weighted by molar-refractivity contribution is 0.304. The Balaban J connectivity index is 2.06. The lowest BCUT2D eigenvalue weighted by Crippen LogP contribution is -2.05. The van der Waals surface area contributed by atoms with E-state index >= 15 is 0 Å². The Morgan fingerprint density at radius 3 is 2.44 bits per heavy atom. The van der Waals surface area contributed by atoms with Crippen molar-refractivity contribution in [1.29, 1.82) is 0 Å². The summed E-state index contributed by atoms with van der Waals surface area (Å²) in [5.41, 5.74) is 9.30. The van der Waals surface area contributed by atoms with E-state index < -0.39 is 0 Å². The minimum absolute atomic E-state index is 0.0619. The summed E-state index contributed by atoms with van der Waals surface area (Å²) in [5.74, 6) is 0.920. The lowest BCUT2D eigenvalue weighted by Gasteiger charge is -2.12. The molecule has 2 aromatic carbocycles. The average Bonchev–Trinajstić information content (AvgIpc) is 2.38. The van der Waals surface area contributed by atoms with Gasteiger partial charge in [0.05, 0.1) is 0 Å². The van der Waals surface area contributed by atoms with Gasteiger partial charge in [0.15, 0.2) is 0 Å². The number of hydrogen-bond donors (Lipinski definition) is 1. The molecule has 18 heavy (non-hydrogen) atoms. The summed E-state index contributed by atoms with van der Waals surface area (Å²) >= 11 is 0. The van der Waals surface area contributed by atoms with E-state index in [0.717, 1.165) is 16.9 Å². The maximum Gasteiger partial charge on any atom is 0.122 e. The third-order valence-electron chi connectivity index (χ3n) is 2.96. The van der Waals surface area contributed by atoms with E-state index in [0.29, 0.717) is 6.61 Å². The molecule has 0 fully saturated rings. The number of aryl methyl sites for hydroxylation is 1. The van der Waals surface area contributed by atoms with Gasteiger partial charge in [-0.25, -0.2) is 0 Å². The molecule has 0 amide bonds. The lowest BCUT2D eigenvalue weighted by atomic mass is 10.1. The molecule has 2 nitrogen and oxygen atoms in total. The van der Waals surface area contributed by atoms with Crippen LogP contribution >= 0.6 is 0 Å². The van der Waals surface area contributed by atoms with Crippen LogP contribution in [-0.2, 0) is 6.61 Å². The summed E-state index contributed by atoms with van der Waals surface area (Å²) in [6, 6.07) is 16.3. The zero-order chi connectivity index (χ0) is 13.0. The second-order valence-corrected chi connectivity index (χ2v) is 4.59. The smallest absolute Gasteiger partial charge is 0.122 e. The van der Waals surface area contributed by atoms with Gasteiger partial charge in [0.25, 0.3) is 0 Å². The summed E-state index contributed by atoms with van der Waals surface area (Å²) in [5, 5.41) is 0. The predicted molar refractivity (Wildman–Crippen MR) is 74.6 cm³/mol. The SMILES string of the molecule is Cc1cc(C(C)N)ccc1OCc1ccccc1. The molecular formula is C16H19NO. The normalized spacial score (nSPS) is 12.2. The molecule has 0 saturated carbocycles.